The van der Waals surface area contributed by atoms with E-state index in [-0.39, 0.29) is 12.5 Å². The van der Waals surface area contributed by atoms with Gasteiger partial charge in [-0.25, -0.2) is 0 Å². The minimum atomic E-state index is -0.960. The third-order valence-corrected chi connectivity index (χ3v) is 4.61. The van der Waals surface area contributed by atoms with Gasteiger partial charge in [0.15, 0.2) is 17.6 Å². The Bertz CT molecular complexity index is 849. The lowest BCUT2D eigenvalue weighted by atomic mass is 10.2. The summed E-state index contributed by atoms with van der Waals surface area (Å²) in [7, 11) is 1.53. The van der Waals surface area contributed by atoms with E-state index in [1.54, 1.807) is 49.1 Å². The smallest absolute Gasteiger partial charge is 0.268 e. The Morgan fingerprint density at radius 2 is 1.93 bits per heavy atom. The molecule has 1 aliphatic rings. The molecule has 1 atom stereocenters. The Balaban J connectivity index is 1.73. The molecular formula is C21H24ClNO5. The first-order valence-corrected chi connectivity index (χ1v) is 9.42. The number of rotatable bonds is 7. The average Bonchev–Trinajstić information content (AvgIpc) is 3.01. The van der Waals surface area contributed by atoms with E-state index < -0.39 is 11.7 Å². The second-order valence-corrected chi connectivity index (χ2v) is 7.66. The molecule has 0 radical (unpaired) electrons. The van der Waals surface area contributed by atoms with Crippen LogP contribution in [0.4, 0.5) is 5.69 Å². The largest absolute Gasteiger partial charge is 0.493 e. The lowest BCUT2D eigenvalue weighted by Crippen LogP contribution is -2.32. The summed E-state index contributed by atoms with van der Waals surface area (Å²) < 4.78 is 16.8. The van der Waals surface area contributed by atoms with E-state index in [0.717, 1.165) is 0 Å². The highest BCUT2D eigenvalue weighted by Crippen LogP contribution is 2.35. The highest BCUT2D eigenvalue weighted by molar-refractivity contribution is 6.32. The van der Waals surface area contributed by atoms with Crippen LogP contribution in [0.2, 0.25) is 5.02 Å². The van der Waals surface area contributed by atoms with Crippen molar-refractivity contribution in [2.24, 2.45) is 0 Å². The van der Waals surface area contributed by atoms with Crippen LogP contribution < -0.4 is 19.1 Å². The van der Waals surface area contributed by atoms with Crippen molar-refractivity contribution in [2.75, 3.05) is 25.2 Å². The summed E-state index contributed by atoms with van der Waals surface area (Å²) in [5, 5.41) is 10.3. The lowest BCUT2D eigenvalue weighted by Gasteiger charge is -2.21. The van der Waals surface area contributed by atoms with E-state index in [9.17, 15) is 9.90 Å². The first kappa shape index (κ1) is 20.3. The van der Waals surface area contributed by atoms with Crippen LogP contribution >= 0.6 is 11.6 Å². The van der Waals surface area contributed by atoms with Gasteiger partial charge < -0.3 is 24.2 Å². The van der Waals surface area contributed by atoms with Crippen molar-refractivity contribution in [3.8, 4) is 17.2 Å². The highest BCUT2D eigenvalue weighted by Gasteiger charge is 2.35. The normalized spacial score (nSPS) is 17.0. The van der Waals surface area contributed by atoms with E-state index >= 15 is 0 Å². The number of hydrogen-bond acceptors (Lipinski definition) is 5. The zero-order valence-corrected chi connectivity index (χ0v) is 16.9. The van der Waals surface area contributed by atoms with E-state index in [0.29, 0.717) is 40.9 Å². The molecule has 1 aliphatic heterocycles. The number of carbonyl (C=O) groups excluding carboxylic acids is 1. The fourth-order valence-corrected chi connectivity index (χ4v) is 3.09. The average molecular weight is 406 g/mol. The SMILES string of the molecule is COc1cc(N2CCC(Oc3ccccc3Cl)C2=O)ccc1OCC(C)(C)O. The molecule has 150 valence electrons. The Morgan fingerprint density at radius 3 is 2.61 bits per heavy atom. The van der Waals surface area contributed by atoms with Crippen LogP contribution in [-0.2, 0) is 4.79 Å². The number of methoxy groups -OCH3 is 1. The highest BCUT2D eigenvalue weighted by atomic mass is 35.5. The van der Waals surface area contributed by atoms with Gasteiger partial charge in [0.05, 0.1) is 17.7 Å². The molecule has 0 aromatic heterocycles. The third kappa shape index (κ3) is 4.69. The summed E-state index contributed by atoms with van der Waals surface area (Å²) in [6, 6.07) is 12.4. The number of halogens is 1. The standard InChI is InChI=1S/C21H24ClNO5/c1-21(2,25)13-27-17-9-8-14(12-19(17)26-3)23-11-10-18(20(23)24)28-16-7-5-4-6-15(16)22/h4-9,12,18,25H,10-11,13H2,1-3H3. The number of carbonyl (C=O) groups is 1. The molecule has 0 saturated carbocycles. The van der Waals surface area contributed by atoms with Crippen LogP contribution in [0.25, 0.3) is 0 Å². The van der Waals surface area contributed by atoms with Gasteiger partial charge in [-0.1, -0.05) is 23.7 Å². The van der Waals surface area contributed by atoms with Gasteiger partial charge in [0, 0.05) is 24.7 Å². The molecular weight excluding hydrogens is 382 g/mol. The summed E-state index contributed by atoms with van der Waals surface area (Å²) in [5.41, 5.74) is -0.263. The molecule has 1 unspecified atom stereocenters. The topological polar surface area (TPSA) is 68.2 Å². The number of nitrogens with zero attached hydrogens (tertiary/aromatic N) is 1. The molecule has 1 saturated heterocycles. The van der Waals surface area contributed by atoms with Crippen molar-refractivity contribution < 1.29 is 24.1 Å². The zero-order chi connectivity index (χ0) is 20.3. The Labute approximate surface area is 169 Å². The second kappa shape index (κ2) is 8.29. The number of ether oxygens (including phenoxy) is 3. The number of hydrogen-bond donors (Lipinski definition) is 1. The van der Waals surface area contributed by atoms with Crippen molar-refractivity contribution in [3.05, 3.63) is 47.5 Å². The van der Waals surface area contributed by atoms with Crippen LogP contribution in [0.5, 0.6) is 17.2 Å². The molecule has 1 fully saturated rings. The fourth-order valence-electron chi connectivity index (χ4n) is 2.91. The monoisotopic (exact) mass is 405 g/mol. The fraction of sp³-hybridized carbons (Fsp3) is 0.381. The Morgan fingerprint density at radius 1 is 1.18 bits per heavy atom. The van der Waals surface area contributed by atoms with Crippen molar-refractivity contribution in [2.45, 2.75) is 32.0 Å². The van der Waals surface area contributed by atoms with Gasteiger partial charge in [-0.2, -0.15) is 0 Å². The van der Waals surface area contributed by atoms with Crippen molar-refractivity contribution in [1.82, 2.24) is 0 Å². The molecule has 2 aromatic rings. The molecule has 1 amide bonds. The summed E-state index contributed by atoms with van der Waals surface area (Å²) >= 11 is 6.12. The lowest BCUT2D eigenvalue weighted by molar-refractivity contribution is -0.122. The number of aliphatic hydroxyl groups is 1. The van der Waals surface area contributed by atoms with Crippen LogP contribution in [0.1, 0.15) is 20.3 Å². The molecule has 0 bridgehead atoms. The minimum absolute atomic E-state index is 0.124. The molecule has 1 N–H and O–H groups in total. The molecule has 3 rings (SSSR count). The predicted octanol–water partition coefficient (Wildman–Crippen LogP) is 3.68. The summed E-state index contributed by atoms with van der Waals surface area (Å²) in [6.07, 6.45) is -0.0272. The van der Waals surface area contributed by atoms with Gasteiger partial charge >= 0.3 is 0 Å². The summed E-state index contributed by atoms with van der Waals surface area (Å²) in [6.45, 7) is 3.98. The number of para-hydroxylation sites is 1. The van der Waals surface area contributed by atoms with Crippen LogP contribution in [0.15, 0.2) is 42.5 Å². The van der Waals surface area contributed by atoms with E-state index in [1.165, 1.54) is 7.11 Å². The molecule has 6 nitrogen and oxygen atoms in total. The first-order chi connectivity index (χ1) is 13.3. The van der Waals surface area contributed by atoms with Gasteiger partial charge in [0.25, 0.3) is 5.91 Å². The molecule has 0 aliphatic carbocycles. The van der Waals surface area contributed by atoms with E-state index in [1.807, 2.05) is 12.1 Å². The Kier molecular flexibility index (Phi) is 6.01. The molecule has 0 spiro atoms. The van der Waals surface area contributed by atoms with E-state index in [2.05, 4.69) is 0 Å². The van der Waals surface area contributed by atoms with Gasteiger partial charge in [-0.3, -0.25) is 4.79 Å². The van der Waals surface area contributed by atoms with Gasteiger partial charge in [0.2, 0.25) is 0 Å². The van der Waals surface area contributed by atoms with Crippen LogP contribution in [-0.4, -0.2) is 43.0 Å². The predicted molar refractivity (Wildman–Crippen MR) is 108 cm³/mol. The first-order valence-electron chi connectivity index (χ1n) is 9.04. The number of amides is 1. The molecule has 1 heterocycles. The quantitative estimate of drug-likeness (QED) is 0.761. The molecule has 2 aromatic carbocycles. The summed E-state index contributed by atoms with van der Waals surface area (Å²) in [4.78, 5) is 14.5. The van der Waals surface area contributed by atoms with Gasteiger partial charge in [-0.15, -0.1) is 0 Å². The van der Waals surface area contributed by atoms with Crippen molar-refractivity contribution in [1.29, 1.82) is 0 Å². The number of anilines is 1. The Hall–Kier alpha value is -2.44. The molecule has 28 heavy (non-hydrogen) atoms. The zero-order valence-electron chi connectivity index (χ0n) is 16.1. The van der Waals surface area contributed by atoms with Gasteiger partial charge in [-0.05, 0) is 38.1 Å². The van der Waals surface area contributed by atoms with Crippen molar-refractivity contribution >= 4 is 23.2 Å². The minimum Gasteiger partial charge on any atom is -0.493 e. The molecule has 7 heteroatoms. The maximum Gasteiger partial charge on any atom is 0.268 e. The van der Waals surface area contributed by atoms with Crippen LogP contribution in [0.3, 0.4) is 0 Å². The maximum absolute atomic E-state index is 12.8. The second-order valence-electron chi connectivity index (χ2n) is 7.25. The van der Waals surface area contributed by atoms with Crippen molar-refractivity contribution in [3.63, 3.8) is 0 Å². The number of benzene rings is 2. The van der Waals surface area contributed by atoms with E-state index in [4.69, 9.17) is 25.8 Å². The maximum atomic E-state index is 12.8. The van der Waals surface area contributed by atoms with Crippen LogP contribution in [0, 0.1) is 0 Å². The summed E-state index contributed by atoms with van der Waals surface area (Å²) in [5.74, 6) is 1.36. The van der Waals surface area contributed by atoms with Gasteiger partial charge in [0.1, 0.15) is 12.4 Å². The third-order valence-electron chi connectivity index (χ3n) is 4.30.